The van der Waals surface area contributed by atoms with E-state index in [1.807, 2.05) is 0 Å². The molecule has 0 nitrogen and oxygen atoms in total. The summed E-state index contributed by atoms with van der Waals surface area (Å²) >= 11 is 3.47. The van der Waals surface area contributed by atoms with Crippen molar-refractivity contribution < 1.29 is 0 Å². The summed E-state index contributed by atoms with van der Waals surface area (Å²) in [5.41, 5.74) is 2.64. The first-order valence-corrected chi connectivity index (χ1v) is 5.46. The van der Waals surface area contributed by atoms with E-state index in [2.05, 4.69) is 60.1 Å². The molecule has 0 bridgehead atoms. The molecule has 0 saturated carbocycles. The van der Waals surface area contributed by atoms with Gasteiger partial charge in [-0.15, -0.1) is 0 Å². The molecule has 0 atom stereocenters. The summed E-state index contributed by atoms with van der Waals surface area (Å²) in [6.45, 7) is 4.33. The van der Waals surface area contributed by atoms with Gasteiger partial charge in [0.15, 0.2) is 0 Å². The lowest BCUT2D eigenvalue weighted by Gasteiger charge is -2.00. The zero-order valence-electron chi connectivity index (χ0n) is 8.18. The van der Waals surface area contributed by atoms with Crippen molar-refractivity contribution in [2.75, 3.05) is 0 Å². The second-order valence-corrected chi connectivity index (χ2v) is 4.11. The Labute approximate surface area is 88.8 Å². The summed E-state index contributed by atoms with van der Waals surface area (Å²) in [7, 11) is 0. The van der Waals surface area contributed by atoms with Crippen molar-refractivity contribution in [1.82, 2.24) is 0 Å². The van der Waals surface area contributed by atoms with E-state index in [9.17, 15) is 0 Å². The molecule has 0 unspecified atom stereocenters. The normalized spacial score (nSPS) is 11.0. The minimum absolute atomic E-state index is 1.15. The molecule has 1 rings (SSSR count). The topological polar surface area (TPSA) is 0 Å². The Kier molecular flexibility index (Phi) is 4.23. The third-order valence-corrected chi connectivity index (χ3v) is 2.49. The molecular weight excluding hydrogens is 224 g/mol. The minimum atomic E-state index is 1.15. The number of aryl methyl sites for hydroxylation is 1. The van der Waals surface area contributed by atoms with E-state index < -0.39 is 0 Å². The second-order valence-electron chi connectivity index (χ2n) is 3.19. The molecule has 0 radical (unpaired) electrons. The van der Waals surface area contributed by atoms with Gasteiger partial charge in [-0.3, -0.25) is 0 Å². The van der Waals surface area contributed by atoms with Crippen molar-refractivity contribution in [1.29, 1.82) is 0 Å². The Morgan fingerprint density at radius 1 is 1.38 bits per heavy atom. The maximum absolute atomic E-state index is 3.47. The molecule has 0 aliphatic carbocycles. The summed E-state index contributed by atoms with van der Waals surface area (Å²) in [4.78, 5) is 0. The molecule has 0 fully saturated rings. The smallest absolute Gasteiger partial charge is 0.0181 e. The molecule has 13 heavy (non-hydrogen) atoms. The maximum atomic E-state index is 3.47. The number of benzene rings is 1. The molecule has 70 valence electrons. The fourth-order valence-electron chi connectivity index (χ4n) is 1.17. The lowest BCUT2D eigenvalue weighted by atomic mass is 10.1. The van der Waals surface area contributed by atoms with Crippen molar-refractivity contribution in [2.45, 2.75) is 26.7 Å². The molecule has 0 saturated heterocycles. The Balaban J connectivity index is 2.81. The molecule has 0 spiro atoms. The van der Waals surface area contributed by atoms with E-state index in [4.69, 9.17) is 0 Å². The highest BCUT2D eigenvalue weighted by atomic mass is 79.9. The lowest BCUT2D eigenvalue weighted by Crippen LogP contribution is -1.79. The molecule has 1 aromatic rings. The Hall–Kier alpha value is -0.560. The van der Waals surface area contributed by atoms with Crippen LogP contribution in [0.15, 0.2) is 28.7 Å². The SMILES string of the molecule is CCC/C=C\c1cc(Br)ccc1C. The fraction of sp³-hybridized carbons (Fsp3) is 0.333. The first kappa shape index (κ1) is 10.5. The molecular formula is C12H15Br. The molecule has 0 aromatic heterocycles. The highest BCUT2D eigenvalue weighted by molar-refractivity contribution is 9.10. The third-order valence-electron chi connectivity index (χ3n) is 1.99. The van der Waals surface area contributed by atoms with Crippen LogP contribution in [0.4, 0.5) is 0 Å². The predicted molar refractivity (Wildman–Crippen MR) is 62.8 cm³/mol. The van der Waals surface area contributed by atoms with Crippen LogP contribution >= 0.6 is 15.9 Å². The Bertz CT molecular complexity index is 300. The van der Waals surface area contributed by atoms with Crippen molar-refractivity contribution in [3.63, 3.8) is 0 Å². The van der Waals surface area contributed by atoms with Crippen molar-refractivity contribution in [3.8, 4) is 0 Å². The van der Waals surface area contributed by atoms with E-state index in [1.165, 1.54) is 17.5 Å². The van der Waals surface area contributed by atoms with Crippen molar-refractivity contribution >= 4 is 22.0 Å². The van der Waals surface area contributed by atoms with Crippen molar-refractivity contribution in [3.05, 3.63) is 39.9 Å². The number of rotatable bonds is 3. The van der Waals surface area contributed by atoms with Crippen LogP contribution in [-0.4, -0.2) is 0 Å². The van der Waals surface area contributed by atoms with Crippen LogP contribution in [0.1, 0.15) is 30.9 Å². The molecule has 1 heteroatoms. The van der Waals surface area contributed by atoms with Gasteiger partial charge in [-0.2, -0.15) is 0 Å². The summed E-state index contributed by atoms with van der Waals surface area (Å²) < 4.78 is 1.15. The number of halogens is 1. The Morgan fingerprint density at radius 3 is 2.85 bits per heavy atom. The standard InChI is InChI=1S/C12H15Br/c1-3-4-5-6-11-9-12(13)8-7-10(11)2/h5-9H,3-4H2,1-2H3/b6-5-. The third kappa shape index (κ3) is 3.35. The van der Waals surface area contributed by atoms with Crippen LogP contribution in [0.3, 0.4) is 0 Å². The summed E-state index contributed by atoms with van der Waals surface area (Å²) in [5, 5.41) is 0. The molecule has 0 N–H and O–H groups in total. The van der Waals surface area contributed by atoms with Gasteiger partial charge in [0.25, 0.3) is 0 Å². The van der Waals surface area contributed by atoms with Crippen LogP contribution < -0.4 is 0 Å². The van der Waals surface area contributed by atoms with E-state index in [-0.39, 0.29) is 0 Å². The Morgan fingerprint density at radius 2 is 2.15 bits per heavy atom. The average molecular weight is 239 g/mol. The molecule has 0 aliphatic heterocycles. The number of unbranched alkanes of at least 4 members (excludes halogenated alkanes) is 1. The van der Waals surface area contributed by atoms with E-state index in [0.29, 0.717) is 0 Å². The van der Waals surface area contributed by atoms with Gasteiger partial charge >= 0.3 is 0 Å². The summed E-state index contributed by atoms with van der Waals surface area (Å²) in [6.07, 6.45) is 6.80. The zero-order valence-corrected chi connectivity index (χ0v) is 9.76. The van der Waals surface area contributed by atoms with Gasteiger partial charge < -0.3 is 0 Å². The van der Waals surface area contributed by atoms with Gasteiger partial charge in [0.05, 0.1) is 0 Å². The molecule has 0 heterocycles. The lowest BCUT2D eigenvalue weighted by molar-refractivity contribution is 0.962. The largest absolute Gasteiger partial charge is 0.0839 e. The van der Waals surface area contributed by atoms with E-state index in [0.717, 1.165) is 10.9 Å². The van der Waals surface area contributed by atoms with Crippen molar-refractivity contribution in [2.24, 2.45) is 0 Å². The van der Waals surface area contributed by atoms with Gasteiger partial charge in [0, 0.05) is 4.47 Å². The van der Waals surface area contributed by atoms with Gasteiger partial charge in [0.1, 0.15) is 0 Å². The van der Waals surface area contributed by atoms with Gasteiger partial charge in [-0.1, -0.05) is 47.5 Å². The van der Waals surface area contributed by atoms with E-state index in [1.54, 1.807) is 0 Å². The monoisotopic (exact) mass is 238 g/mol. The average Bonchev–Trinajstić information content (AvgIpc) is 2.11. The van der Waals surface area contributed by atoms with E-state index >= 15 is 0 Å². The van der Waals surface area contributed by atoms with Crippen LogP contribution in [0, 0.1) is 6.92 Å². The van der Waals surface area contributed by atoms with Gasteiger partial charge in [-0.05, 0) is 36.6 Å². The quantitative estimate of drug-likeness (QED) is 0.724. The van der Waals surface area contributed by atoms with Crippen LogP contribution in [0.25, 0.3) is 6.08 Å². The highest BCUT2D eigenvalue weighted by Crippen LogP contribution is 2.17. The fourth-order valence-corrected chi connectivity index (χ4v) is 1.55. The minimum Gasteiger partial charge on any atom is -0.0839 e. The first-order chi connectivity index (χ1) is 6.24. The number of allylic oxidation sites excluding steroid dienone is 1. The number of hydrogen-bond donors (Lipinski definition) is 0. The highest BCUT2D eigenvalue weighted by Gasteiger charge is 1.93. The predicted octanol–water partition coefficient (Wildman–Crippen LogP) is 4.57. The van der Waals surface area contributed by atoms with Gasteiger partial charge in [0.2, 0.25) is 0 Å². The first-order valence-electron chi connectivity index (χ1n) is 4.66. The summed E-state index contributed by atoms with van der Waals surface area (Å²) in [5.74, 6) is 0. The molecule has 0 amide bonds. The maximum Gasteiger partial charge on any atom is 0.0181 e. The zero-order chi connectivity index (χ0) is 9.68. The number of hydrogen-bond acceptors (Lipinski definition) is 0. The summed E-state index contributed by atoms with van der Waals surface area (Å²) in [6, 6.07) is 6.36. The van der Waals surface area contributed by atoms with Crippen LogP contribution in [-0.2, 0) is 0 Å². The van der Waals surface area contributed by atoms with Crippen LogP contribution in [0.2, 0.25) is 0 Å². The molecule has 0 aliphatic rings. The molecule has 1 aromatic carbocycles. The second kappa shape index (κ2) is 5.23. The van der Waals surface area contributed by atoms with Gasteiger partial charge in [-0.25, -0.2) is 0 Å². The van der Waals surface area contributed by atoms with Crippen LogP contribution in [0.5, 0.6) is 0 Å².